The van der Waals surface area contributed by atoms with Crippen LogP contribution in [0.3, 0.4) is 0 Å². The van der Waals surface area contributed by atoms with E-state index < -0.39 is 8.24 Å². The number of hydrogen-bond donors (Lipinski definition) is 1. The van der Waals surface area contributed by atoms with Crippen LogP contribution in [-0.4, -0.2) is 13.2 Å². The normalized spacial score (nSPS) is 12.6. The molecule has 0 aliphatic carbocycles. The summed E-state index contributed by atoms with van der Waals surface area (Å²) in [6, 6.07) is 5.99. The number of hydrogen-bond acceptors (Lipinski definition) is 2. The van der Waals surface area contributed by atoms with E-state index in [0.717, 1.165) is 5.82 Å². The number of nitrogens with zero attached hydrogens (tertiary/aromatic N) is 1. The Labute approximate surface area is 87.9 Å². The highest BCUT2D eigenvalue weighted by molar-refractivity contribution is 6.82. The van der Waals surface area contributed by atoms with E-state index in [9.17, 15) is 0 Å². The minimum Gasteiger partial charge on any atom is -0.395 e. The molecular weight excluding hydrogens is 188 g/mol. The first kappa shape index (κ1) is 11.2. The highest BCUT2D eigenvalue weighted by Gasteiger charge is 2.35. The first-order chi connectivity index (χ1) is 6.33. The summed E-state index contributed by atoms with van der Waals surface area (Å²) in [4.78, 5) is 7.89. The van der Waals surface area contributed by atoms with Gasteiger partial charge in [-0.25, -0.2) is 4.98 Å². The molecule has 0 fully saturated rings. The average Bonchev–Trinajstić information content (AvgIpc) is 2.03. The lowest BCUT2D eigenvalue weighted by atomic mass is 10.2. The molecule has 3 heteroatoms. The van der Waals surface area contributed by atoms with Gasteiger partial charge in [-0.15, -0.1) is 0 Å². The van der Waals surface area contributed by atoms with Gasteiger partial charge in [0, 0.05) is 6.20 Å². The third-order valence-corrected chi connectivity index (χ3v) is 7.61. The summed E-state index contributed by atoms with van der Waals surface area (Å²) in [5.74, 6) is 0.999. The summed E-state index contributed by atoms with van der Waals surface area (Å²) in [6.45, 7) is 11.5. The third-order valence-electron chi connectivity index (χ3n) is 2.98. The van der Waals surface area contributed by atoms with Gasteiger partial charge in [0.1, 0.15) is 5.82 Å². The molecule has 1 rings (SSSR count). The molecule has 0 amide bonds. The Kier molecular flexibility index (Phi) is 3.00. The van der Waals surface area contributed by atoms with E-state index in [4.69, 9.17) is 0 Å². The zero-order valence-electron chi connectivity index (χ0n) is 9.76. The Morgan fingerprint density at radius 3 is 2.29 bits per heavy atom. The second kappa shape index (κ2) is 3.73. The van der Waals surface area contributed by atoms with Gasteiger partial charge < -0.3 is 4.98 Å². The van der Waals surface area contributed by atoms with Gasteiger partial charge in [-0.2, -0.15) is 0 Å². The fourth-order valence-corrected chi connectivity index (χ4v) is 2.11. The van der Waals surface area contributed by atoms with Crippen molar-refractivity contribution in [3.63, 3.8) is 0 Å². The highest BCUT2D eigenvalue weighted by Crippen LogP contribution is 2.35. The maximum atomic E-state index is 4.30. The number of pyridine rings is 1. The van der Waals surface area contributed by atoms with Gasteiger partial charge >= 0.3 is 0 Å². The first-order valence-electron chi connectivity index (χ1n) is 5.02. The summed E-state index contributed by atoms with van der Waals surface area (Å²) in [7, 11) is -1.46. The molecular formula is C11H20N2Si. The van der Waals surface area contributed by atoms with Crippen molar-refractivity contribution < 1.29 is 0 Å². The van der Waals surface area contributed by atoms with Gasteiger partial charge in [-0.3, -0.25) is 0 Å². The monoisotopic (exact) mass is 208 g/mol. The molecule has 1 aromatic heterocycles. The van der Waals surface area contributed by atoms with Crippen LogP contribution >= 0.6 is 0 Å². The molecule has 0 radical (unpaired) electrons. The molecule has 0 aliphatic heterocycles. The molecule has 0 bridgehead atoms. The standard InChI is InChI=1S/C11H20N2Si/c1-11(2,3)14(4,5)13-10-8-6-7-9-12-10/h6-9H,1-5H3,(H,12,13). The van der Waals surface area contributed by atoms with Crippen LogP contribution in [-0.2, 0) is 0 Å². The van der Waals surface area contributed by atoms with Crippen molar-refractivity contribution in [2.75, 3.05) is 4.98 Å². The molecule has 0 saturated heterocycles. The number of rotatable bonds is 2. The molecule has 0 spiro atoms. The summed E-state index contributed by atoms with van der Waals surface area (Å²) in [5, 5.41) is 0.338. The van der Waals surface area contributed by atoms with Crippen molar-refractivity contribution in [1.29, 1.82) is 0 Å². The van der Waals surface area contributed by atoms with Crippen molar-refractivity contribution in [1.82, 2.24) is 4.98 Å². The first-order valence-corrected chi connectivity index (χ1v) is 8.02. The van der Waals surface area contributed by atoms with Crippen molar-refractivity contribution in [3.8, 4) is 0 Å². The minimum absolute atomic E-state index is 0.338. The van der Waals surface area contributed by atoms with Gasteiger partial charge in [0.25, 0.3) is 0 Å². The largest absolute Gasteiger partial charge is 0.395 e. The summed E-state index contributed by atoms with van der Waals surface area (Å²) < 4.78 is 0. The summed E-state index contributed by atoms with van der Waals surface area (Å²) >= 11 is 0. The number of nitrogens with one attached hydrogen (secondary N) is 1. The zero-order valence-corrected chi connectivity index (χ0v) is 10.8. The van der Waals surface area contributed by atoms with E-state index in [1.807, 2.05) is 24.4 Å². The van der Waals surface area contributed by atoms with Crippen LogP contribution in [0.5, 0.6) is 0 Å². The smallest absolute Gasteiger partial charge is 0.154 e. The van der Waals surface area contributed by atoms with Gasteiger partial charge in [0.15, 0.2) is 8.24 Å². The summed E-state index contributed by atoms with van der Waals surface area (Å²) in [6.07, 6.45) is 1.83. The third kappa shape index (κ3) is 2.58. The number of anilines is 1. The second-order valence-electron chi connectivity index (χ2n) is 5.21. The van der Waals surface area contributed by atoms with Gasteiger partial charge in [0.05, 0.1) is 0 Å². The Morgan fingerprint density at radius 2 is 1.86 bits per heavy atom. The Balaban J connectivity index is 2.79. The molecule has 1 N–H and O–H groups in total. The predicted molar refractivity (Wildman–Crippen MR) is 65.1 cm³/mol. The lowest BCUT2D eigenvalue weighted by Gasteiger charge is -2.37. The molecule has 14 heavy (non-hydrogen) atoms. The maximum absolute atomic E-state index is 4.30. The molecule has 0 aromatic carbocycles. The van der Waals surface area contributed by atoms with E-state index in [1.165, 1.54) is 0 Å². The predicted octanol–water partition coefficient (Wildman–Crippen LogP) is 3.50. The van der Waals surface area contributed by atoms with Crippen molar-refractivity contribution in [3.05, 3.63) is 24.4 Å². The van der Waals surface area contributed by atoms with Crippen LogP contribution in [0.15, 0.2) is 24.4 Å². The average molecular weight is 208 g/mol. The topological polar surface area (TPSA) is 24.9 Å². The van der Waals surface area contributed by atoms with Gasteiger partial charge in [0.2, 0.25) is 0 Å². The molecule has 78 valence electrons. The SMILES string of the molecule is CC(C)(C)[Si](C)(C)Nc1ccccn1. The lowest BCUT2D eigenvalue weighted by molar-refractivity contribution is 0.723. The molecule has 0 aliphatic rings. The highest BCUT2D eigenvalue weighted by atomic mass is 28.3. The van der Waals surface area contributed by atoms with E-state index in [1.54, 1.807) is 0 Å². The van der Waals surface area contributed by atoms with Crippen LogP contribution in [0, 0.1) is 0 Å². The van der Waals surface area contributed by atoms with E-state index in [0.29, 0.717) is 5.04 Å². The molecule has 0 saturated carbocycles. The van der Waals surface area contributed by atoms with Crippen LogP contribution in [0.25, 0.3) is 0 Å². The van der Waals surface area contributed by atoms with Crippen molar-refractivity contribution in [2.24, 2.45) is 0 Å². The summed E-state index contributed by atoms with van der Waals surface area (Å²) in [5.41, 5.74) is 0. The number of aromatic nitrogens is 1. The molecule has 0 atom stereocenters. The van der Waals surface area contributed by atoms with Crippen LogP contribution in [0.2, 0.25) is 18.1 Å². The Hall–Kier alpha value is -0.833. The lowest BCUT2D eigenvalue weighted by Crippen LogP contribution is -2.46. The maximum Gasteiger partial charge on any atom is 0.154 e. The van der Waals surface area contributed by atoms with Crippen LogP contribution in [0.4, 0.5) is 5.82 Å². The fraction of sp³-hybridized carbons (Fsp3) is 0.545. The zero-order chi connectivity index (χ0) is 10.8. The Bertz CT molecular complexity index is 288. The fourth-order valence-electron chi connectivity index (χ4n) is 0.944. The second-order valence-corrected chi connectivity index (χ2v) is 10.2. The quantitative estimate of drug-likeness (QED) is 0.752. The Morgan fingerprint density at radius 1 is 1.21 bits per heavy atom. The molecule has 1 aromatic rings. The van der Waals surface area contributed by atoms with Gasteiger partial charge in [-0.05, 0) is 17.2 Å². The van der Waals surface area contributed by atoms with E-state index in [2.05, 4.69) is 43.8 Å². The van der Waals surface area contributed by atoms with Gasteiger partial charge in [-0.1, -0.05) is 39.9 Å². The van der Waals surface area contributed by atoms with Crippen LogP contribution in [0.1, 0.15) is 20.8 Å². The molecule has 0 unspecified atom stereocenters. The van der Waals surface area contributed by atoms with Crippen molar-refractivity contribution in [2.45, 2.75) is 38.9 Å². The van der Waals surface area contributed by atoms with Crippen LogP contribution < -0.4 is 4.98 Å². The van der Waals surface area contributed by atoms with E-state index in [-0.39, 0.29) is 0 Å². The minimum atomic E-state index is -1.46. The van der Waals surface area contributed by atoms with E-state index >= 15 is 0 Å². The molecule has 1 heterocycles. The van der Waals surface area contributed by atoms with Crippen molar-refractivity contribution >= 4 is 14.1 Å². The molecule has 2 nitrogen and oxygen atoms in total.